The summed E-state index contributed by atoms with van der Waals surface area (Å²) in [6.07, 6.45) is 12.3. The normalized spacial score (nSPS) is 29.7. The third-order valence-electron chi connectivity index (χ3n) is 6.42. The second kappa shape index (κ2) is 9.43. The van der Waals surface area contributed by atoms with Gasteiger partial charge in [0.1, 0.15) is 5.82 Å². The number of rotatable bonds is 4. The summed E-state index contributed by atoms with van der Waals surface area (Å²) >= 11 is 0. The third-order valence-corrected chi connectivity index (χ3v) is 6.42. The fourth-order valence-electron chi connectivity index (χ4n) is 5.05. The molecule has 2 heterocycles. The van der Waals surface area contributed by atoms with Gasteiger partial charge in [0, 0.05) is 44.1 Å². The smallest absolute Gasteiger partial charge is 0.223 e. The van der Waals surface area contributed by atoms with Crippen LogP contribution in [-0.4, -0.2) is 28.0 Å². The van der Waals surface area contributed by atoms with Crippen LogP contribution in [0.1, 0.15) is 56.5 Å². The Bertz CT molecular complexity index is 569. The Labute approximate surface area is 168 Å². The number of imidazole rings is 1. The molecule has 5 nitrogen and oxygen atoms in total. The summed E-state index contributed by atoms with van der Waals surface area (Å²) in [5, 5.41) is 3.16. The van der Waals surface area contributed by atoms with Crippen molar-refractivity contribution in [1.82, 2.24) is 14.9 Å². The van der Waals surface area contributed by atoms with Gasteiger partial charge in [0.15, 0.2) is 0 Å². The van der Waals surface area contributed by atoms with Crippen molar-refractivity contribution < 1.29 is 4.79 Å². The molecule has 7 heteroatoms. The van der Waals surface area contributed by atoms with Gasteiger partial charge < -0.3 is 15.6 Å². The Hall–Kier alpha value is -0.780. The zero-order valence-electron chi connectivity index (χ0n) is 15.4. The van der Waals surface area contributed by atoms with Crippen LogP contribution in [-0.2, 0) is 24.2 Å². The molecule has 1 aliphatic heterocycles. The van der Waals surface area contributed by atoms with Gasteiger partial charge in [-0.05, 0) is 50.4 Å². The van der Waals surface area contributed by atoms with Crippen LogP contribution in [0.5, 0.6) is 0 Å². The SMILES string of the molecule is Cl.Cl.NC1C2CCCC1CC(C(=O)NCCc1cn3c(n1)CCCC3)C2. The maximum atomic E-state index is 12.5. The van der Waals surface area contributed by atoms with Gasteiger partial charge in [0.25, 0.3) is 0 Å². The lowest BCUT2D eigenvalue weighted by Gasteiger charge is -2.43. The molecule has 1 aromatic heterocycles. The van der Waals surface area contributed by atoms with E-state index >= 15 is 0 Å². The van der Waals surface area contributed by atoms with Crippen LogP contribution in [0.2, 0.25) is 0 Å². The first kappa shape index (κ1) is 21.5. The van der Waals surface area contributed by atoms with Crippen LogP contribution in [0.15, 0.2) is 6.20 Å². The monoisotopic (exact) mass is 402 g/mol. The van der Waals surface area contributed by atoms with Crippen molar-refractivity contribution >= 4 is 30.7 Å². The molecule has 2 saturated carbocycles. The van der Waals surface area contributed by atoms with Gasteiger partial charge in [-0.3, -0.25) is 4.79 Å². The number of aryl methyl sites for hydroxylation is 2. The summed E-state index contributed by atoms with van der Waals surface area (Å²) in [4.78, 5) is 17.3. The van der Waals surface area contributed by atoms with Gasteiger partial charge in [-0.25, -0.2) is 4.98 Å². The van der Waals surface area contributed by atoms with Crippen molar-refractivity contribution in [3.63, 3.8) is 0 Å². The largest absolute Gasteiger partial charge is 0.355 e. The number of carbonyl (C=O) groups excluding carboxylic acids is 1. The van der Waals surface area contributed by atoms with E-state index in [0.717, 1.165) is 37.9 Å². The summed E-state index contributed by atoms with van der Waals surface area (Å²) < 4.78 is 2.28. The van der Waals surface area contributed by atoms with Crippen LogP contribution in [0.4, 0.5) is 0 Å². The lowest BCUT2D eigenvalue weighted by Crippen LogP contribution is -2.49. The summed E-state index contributed by atoms with van der Waals surface area (Å²) in [6, 6.07) is 0.333. The van der Waals surface area contributed by atoms with E-state index in [1.54, 1.807) is 0 Å². The molecule has 2 unspecified atom stereocenters. The molecule has 0 aromatic carbocycles. The van der Waals surface area contributed by atoms with Crippen LogP contribution in [0.3, 0.4) is 0 Å². The molecule has 0 radical (unpaired) electrons. The van der Waals surface area contributed by atoms with E-state index in [2.05, 4.69) is 16.1 Å². The number of carbonyl (C=O) groups is 1. The minimum Gasteiger partial charge on any atom is -0.355 e. The van der Waals surface area contributed by atoms with Gasteiger partial charge in [-0.1, -0.05) is 6.42 Å². The predicted molar refractivity (Wildman–Crippen MR) is 108 cm³/mol. The summed E-state index contributed by atoms with van der Waals surface area (Å²) in [7, 11) is 0. The van der Waals surface area contributed by atoms with Gasteiger partial charge in [-0.2, -0.15) is 0 Å². The Morgan fingerprint density at radius 2 is 1.92 bits per heavy atom. The van der Waals surface area contributed by atoms with Crippen molar-refractivity contribution in [1.29, 1.82) is 0 Å². The quantitative estimate of drug-likeness (QED) is 0.812. The molecule has 148 valence electrons. The second-order valence-corrected chi connectivity index (χ2v) is 8.04. The van der Waals surface area contributed by atoms with Crippen LogP contribution >= 0.6 is 24.8 Å². The van der Waals surface area contributed by atoms with Crippen molar-refractivity contribution in [2.45, 2.75) is 70.4 Å². The summed E-state index contributed by atoms with van der Waals surface area (Å²) in [5.41, 5.74) is 7.45. The van der Waals surface area contributed by atoms with Crippen LogP contribution in [0, 0.1) is 17.8 Å². The number of nitrogens with two attached hydrogens (primary N) is 1. The van der Waals surface area contributed by atoms with E-state index < -0.39 is 0 Å². The molecule has 4 rings (SSSR count). The Morgan fingerprint density at radius 1 is 1.19 bits per heavy atom. The van der Waals surface area contributed by atoms with Gasteiger partial charge in [0.2, 0.25) is 5.91 Å². The lowest BCUT2D eigenvalue weighted by atomic mass is 9.65. The topological polar surface area (TPSA) is 72.9 Å². The first-order valence-electron chi connectivity index (χ1n) is 9.79. The Morgan fingerprint density at radius 3 is 2.62 bits per heavy atom. The van der Waals surface area contributed by atoms with Crippen molar-refractivity contribution in [3.05, 3.63) is 17.7 Å². The number of nitrogens with zero attached hydrogens (tertiary/aromatic N) is 2. The van der Waals surface area contributed by atoms with Crippen LogP contribution in [0.25, 0.3) is 0 Å². The highest BCUT2D eigenvalue weighted by atomic mass is 35.5. The van der Waals surface area contributed by atoms with Gasteiger partial charge >= 0.3 is 0 Å². The zero-order chi connectivity index (χ0) is 16.5. The van der Waals surface area contributed by atoms with E-state index in [4.69, 9.17) is 10.7 Å². The standard InChI is InChI=1S/C19H30N4O.2ClH/c20-18-13-4-3-5-14(18)11-15(10-13)19(24)21-8-7-16-12-23-9-2-1-6-17(23)22-16;;/h12-15,18H,1-11,20H2,(H,21,24);2*1H. The minimum absolute atomic E-state index is 0. The Kier molecular flexibility index (Phi) is 7.80. The van der Waals surface area contributed by atoms with E-state index in [0.29, 0.717) is 24.4 Å². The zero-order valence-corrected chi connectivity index (χ0v) is 17.0. The maximum Gasteiger partial charge on any atom is 0.223 e. The molecule has 26 heavy (non-hydrogen) atoms. The number of nitrogens with one attached hydrogen (secondary N) is 1. The highest BCUT2D eigenvalue weighted by Crippen LogP contribution is 2.41. The highest BCUT2D eigenvalue weighted by molar-refractivity contribution is 5.85. The summed E-state index contributed by atoms with van der Waals surface area (Å²) in [5.74, 6) is 2.76. The number of amides is 1. The van der Waals surface area contributed by atoms with Gasteiger partial charge in [0.05, 0.1) is 5.69 Å². The number of halogens is 2. The number of hydrogen-bond acceptors (Lipinski definition) is 3. The molecule has 2 bridgehead atoms. The van der Waals surface area contributed by atoms with E-state index in [9.17, 15) is 4.79 Å². The molecule has 3 N–H and O–H groups in total. The molecule has 2 aliphatic carbocycles. The average molecular weight is 403 g/mol. The van der Waals surface area contributed by atoms with Crippen molar-refractivity contribution in [2.24, 2.45) is 23.5 Å². The fraction of sp³-hybridized carbons (Fsp3) is 0.789. The molecule has 2 fully saturated rings. The highest BCUT2D eigenvalue weighted by Gasteiger charge is 2.40. The number of aromatic nitrogens is 2. The molecular formula is C19H32Cl2N4O. The molecule has 3 aliphatic rings. The molecule has 0 saturated heterocycles. The second-order valence-electron chi connectivity index (χ2n) is 8.04. The number of hydrogen-bond donors (Lipinski definition) is 2. The molecule has 2 atom stereocenters. The van der Waals surface area contributed by atoms with Crippen molar-refractivity contribution in [2.75, 3.05) is 6.54 Å². The first-order chi connectivity index (χ1) is 11.7. The summed E-state index contributed by atoms with van der Waals surface area (Å²) in [6.45, 7) is 1.80. The van der Waals surface area contributed by atoms with Gasteiger partial charge in [-0.15, -0.1) is 24.8 Å². The van der Waals surface area contributed by atoms with Crippen molar-refractivity contribution in [3.8, 4) is 0 Å². The molecular weight excluding hydrogens is 371 g/mol. The van der Waals surface area contributed by atoms with Crippen LogP contribution < -0.4 is 11.1 Å². The Balaban J connectivity index is 0.00000121. The first-order valence-corrected chi connectivity index (χ1v) is 9.79. The van der Waals surface area contributed by atoms with E-state index in [-0.39, 0.29) is 36.6 Å². The fourth-order valence-corrected chi connectivity index (χ4v) is 5.05. The molecule has 1 amide bonds. The van der Waals surface area contributed by atoms with E-state index in [1.807, 2.05) is 0 Å². The number of fused-ring (bicyclic) bond motifs is 3. The molecule has 0 spiro atoms. The lowest BCUT2D eigenvalue weighted by molar-refractivity contribution is -0.127. The van der Waals surface area contributed by atoms with E-state index in [1.165, 1.54) is 37.9 Å². The maximum absolute atomic E-state index is 12.5. The average Bonchev–Trinajstić information content (AvgIpc) is 2.97. The molecule has 1 aromatic rings. The predicted octanol–water partition coefficient (Wildman–Crippen LogP) is 2.88. The third kappa shape index (κ3) is 4.55. The minimum atomic E-state index is 0.